The summed E-state index contributed by atoms with van der Waals surface area (Å²) >= 11 is 0. The molecular formula is C24H22N4O4. The van der Waals surface area contributed by atoms with Gasteiger partial charge in [-0.25, -0.2) is 9.50 Å². The fourth-order valence-electron chi connectivity index (χ4n) is 4.17. The maximum Gasteiger partial charge on any atom is 0.252 e. The molecule has 8 nitrogen and oxygen atoms in total. The number of aromatic nitrogens is 4. The van der Waals surface area contributed by atoms with E-state index in [1.807, 2.05) is 42.5 Å². The van der Waals surface area contributed by atoms with Crippen molar-refractivity contribution in [2.24, 2.45) is 0 Å². The maximum atomic E-state index is 13.0. The van der Waals surface area contributed by atoms with Crippen molar-refractivity contribution in [2.75, 3.05) is 21.3 Å². The van der Waals surface area contributed by atoms with E-state index in [-0.39, 0.29) is 11.7 Å². The number of nitrogens with zero attached hydrogens (tertiary/aromatic N) is 4. The van der Waals surface area contributed by atoms with Gasteiger partial charge in [-0.1, -0.05) is 30.3 Å². The fraction of sp³-hybridized carbons (Fsp3) is 0.250. The van der Waals surface area contributed by atoms with Crippen LogP contribution in [-0.2, 0) is 6.42 Å². The zero-order valence-electron chi connectivity index (χ0n) is 18.0. The van der Waals surface area contributed by atoms with Crippen LogP contribution in [0.5, 0.6) is 17.2 Å². The van der Waals surface area contributed by atoms with Crippen molar-refractivity contribution in [3.8, 4) is 28.6 Å². The van der Waals surface area contributed by atoms with Crippen LogP contribution >= 0.6 is 0 Å². The van der Waals surface area contributed by atoms with Gasteiger partial charge >= 0.3 is 0 Å². The van der Waals surface area contributed by atoms with Crippen molar-refractivity contribution in [1.29, 1.82) is 0 Å². The number of Topliss-reactive ketones (excluding diaryl/α,β-unsaturated/α-hetero) is 1. The molecule has 0 saturated heterocycles. The fourth-order valence-corrected chi connectivity index (χ4v) is 4.17. The molecule has 0 aliphatic heterocycles. The Bertz CT molecular complexity index is 1290. The Hall–Kier alpha value is -3.94. The van der Waals surface area contributed by atoms with Crippen molar-refractivity contribution in [2.45, 2.75) is 18.8 Å². The van der Waals surface area contributed by atoms with E-state index in [4.69, 9.17) is 14.2 Å². The molecule has 0 fully saturated rings. The van der Waals surface area contributed by atoms with E-state index in [9.17, 15) is 4.79 Å². The number of benzene rings is 2. The molecule has 8 heteroatoms. The molecule has 0 spiro atoms. The molecule has 0 saturated carbocycles. The predicted octanol–water partition coefficient (Wildman–Crippen LogP) is 3.73. The molecule has 1 atom stereocenters. The summed E-state index contributed by atoms with van der Waals surface area (Å²) in [4.78, 5) is 22.3. The topological polar surface area (TPSA) is 87.8 Å². The van der Waals surface area contributed by atoms with Gasteiger partial charge in [0.15, 0.2) is 23.1 Å². The second kappa shape index (κ2) is 7.96. The van der Waals surface area contributed by atoms with Crippen LogP contribution in [0.1, 0.15) is 34.0 Å². The average molecular weight is 430 g/mol. The quantitative estimate of drug-likeness (QED) is 0.477. The van der Waals surface area contributed by atoms with Crippen LogP contribution in [0.2, 0.25) is 0 Å². The molecular weight excluding hydrogens is 408 g/mol. The third-order valence-corrected chi connectivity index (χ3v) is 5.77. The van der Waals surface area contributed by atoms with Crippen LogP contribution in [0.25, 0.3) is 17.2 Å². The molecule has 5 rings (SSSR count). The Morgan fingerprint density at radius 2 is 1.66 bits per heavy atom. The van der Waals surface area contributed by atoms with Gasteiger partial charge in [0, 0.05) is 18.2 Å². The summed E-state index contributed by atoms with van der Waals surface area (Å²) in [7, 11) is 4.73. The standard InChI is InChI=1S/C24H22N4O4/c1-30-20-11-16(12-21(31-2)22(20)32-3)15-9-18-17(19(29)10-15)13-28-24(25-18)26-23(27-28)14-7-5-4-6-8-14/h4-8,11-13,15H,9-10H2,1-3H3/t15-/m1/s1. The molecule has 2 aromatic carbocycles. The van der Waals surface area contributed by atoms with Gasteiger partial charge in [0.2, 0.25) is 5.75 Å². The normalized spacial score (nSPS) is 15.5. The first-order valence-corrected chi connectivity index (χ1v) is 10.3. The van der Waals surface area contributed by atoms with E-state index in [1.54, 1.807) is 32.0 Å². The van der Waals surface area contributed by atoms with E-state index in [2.05, 4.69) is 15.1 Å². The van der Waals surface area contributed by atoms with Crippen molar-refractivity contribution < 1.29 is 19.0 Å². The molecule has 0 N–H and O–H groups in total. The van der Waals surface area contributed by atoms with Crippen LogP contribution in [-0.4, -0.2) is 46.7 Å². The number of carbonyl (C=O) groups is 1. The molecule has 1 aliphatic carbocycles. The maximum absolute atomic E-state index is 13.0. The van der Waals surface area contributed by atoms with Crippen molar-refractivity contribution in [3.05, 3.63) is 65.5 Å². The predicted molar refractivity (Wildman–Crippen MR) is 118 cm³/mol. The minimum atomic E-state index is -0.0600. The number of hydrogen-bond acceptors (Lipinski definition) is 7. The van der Waals surface area contributed by atoms with Crippen LogP contribution < -0.4 is 14.2 Å². The van der Waals surface area contributed by atoms with Crippen LogP contribution in [0, 0.1) is 0 Å². The van der Waals surface area contributed by atoms with E-state index in [0.29, 0.717) is 47.3 Å². The Balaban J connectivity index is 1.54. The average Bonchev–Trinajstić information content (AvgIpc) is 3.25. The van der Waals surface area contributed by atoms with Gasteiger partial charge in [-0.05, 0) is 30.0 Å². The first kappa shape index (κ1) is 20.0. The van der Waals surface area contributed by atoms with E-state index >= 15 is 0 Å². The molecule has 2 aromatic heterocycles. The zero-order chi connectivity index (χ0) is 22.2. The lowest BCUT2D eigenvalue weighted by Crippen LogP contribution is -2.21. The number of rotatable bonds is 5. The molecule has 0 bridgehead atoms. The van der Waals surface area contributed by atoms with Gasteiger partial charge in [0.1, 0.15) is 0 Å². The highest BCUT2D eigenvalue weighted by Gasteiger charge is 2.30. The molecule has 1 aliphatic rings. The minimum Gasteiger partial charge on any atom is -0.493 e. The van der Waals surface area contributed by atoms with Crippen LogP contribution in [0.4, 0.5) is 0 Å². The monoisotopic (exact) mass is 430 g/mol. The van der Waals surface area contributed by atoms with Gasteiger partial charge < -0.3 is 14.2 Å². The summed E-state index contributed by atoms with van der Waals surface area (Å²) in [6.45, 7) is 0. The Kier molecular flexibility index (Phi) is 4.97. The number of fused-ring (bicyclic) bond motifs is 2. The largest absolute Gasteiger partial charge is 0.493 e. The lowest BCUT2D eigenvalue weighted by molar-refractivity contribution is 0.0962. The van der Waals surface area contributed by atoms with Crippen molar-refractivity contribution in [1.82, 2.24) is 19.6 Å². The Morgan fingerprint density at radius 1 is 0.938 bits per heavy atom. The first-order valence-electron chi connectivity index (χ1n) is 10.3. The van der Waals surface area contributed by atoms with Gasteiger partial charge in [-0.3, -0.25) is 4.79 Å². The van der Waals surface area contributed by atoms with E-state index < -0.39 is 0 Å². The smallest absolute Gasteiger partial charge is 0.252 e. The van der Waals surface area contributed by atoms with E-state index in [1.165, 1.54) is 0 Å². The Labute approximate surface area is 184 Å². The zero-order valence-corrected chi connectivity index (χ0v) is 18.0. The lowest BCUT2D eigenvalue weighted by atomic mass is 9.82. The molecule has 2 heterocycles. The Morgan fingerprint density at radius 3 is 2.31 bits per heavy atom. The summed E-state index contributed by atoms with van der Waals surface area (Å²) < 4.78 is 18.0. The van der Waals surface area contributed by atoms with Crippen molar-refractivity contribution in [3.63, 3.8) is 0 Å². The van der Waals surface area contributed by atoms with Crippen LogP contribution in [0.3, 0.4) is 0 Å². The highest BCUT2D eigenvalue weighted by atomic mass is 16.5. The third-order valence-electron chi connectivity index (χ3n) is 5.77. The molecule has 0 unspecified atom stereocenters. The molecule has 162 valence electrons. The molecule has 0 radical (unpaired) electrons. The molecule has 32 heavy (non-hydrogen) atoms. The first-order chi connectivity index (χ1) is 15.6. The minimum absolute atomic E-state index is 0.0242. The summed E-state index contributed by atoms with van der Waals surface area (Å²) in [6, 6.07) is 13.5. The van der Waals surface area contributed by atoms with E-state index in [0.717, 1.165) is 16.8 Å². The number of hydrogen-bond donors (Lipinski definition) is 0. The van der Waals surface area contributed by atoms with Gasteiger partial charge in [-0.2, -0.15) is 4.98 Å². The molecule has 0 amide bonds. The van der Waals surface area contributed by atoms with Gasteiger partial charge in [0.05, 0.1) is 32.6 Å². The number of ether oxygens (including phenoxy) is 3. The highest BCUT2D eigenvalue weighted by molar-refractivity contribution is 5.98. The third kappa shape index (κ3) is 3.33. The number of carbonyl (C=O) groups excluding carboxylic acids is 1. The number of methoxy groups -OCH3 is 3. The molecule has 4 aromatic rings. The SMILES string of the molecule is COc1cc([C@H]2CC(=O)c3cn4nc(-c5ccccc5)nc4nc3C2)cc(OC)c1OC. The highest BCUT2D eigenvalue weighted by Crippen LogP contribution is 2.42. The lowest BCUT2D eigenvalue weighted by Gasteiger charge is -2.24. The summed E-state index contributed by atoms with van der Waals surface area (Å²) in [5, 5.41) is 4.51. The summed E-state index contributed by atoms with van der Waals surface area (Å²) in [5.41, 5.74) is 3.15. The second-order valence-electron chi connectivity index (χ2n) is 7.63. The number of ketones is 1. The summed E-state index contributed by atoms with van der Waals surface area (Å²) in [6.07, 6.45) is 2.70. The van der Waals surface area contributed by atoms with Gasteiger partial charge in [0.25, 0.3) is 5.78 Å². The van der Waals surface area contributed by atoms with Crippen molar-refractivity contribution >= 4 is 11.6 Å². The summed E-state index contributed by atoms with van der Waals surface area (Å²) in [5.74, 6) is 2.67. The van der Waals surface area contributed by atoms with Gasteiger partial charge in [-0.15, -0.1) is 5.10 Å². The second-order valence-corrected chi connectivity index (χ2v) is 7.63. The van der Waals surface area contributed by atoms with Crippen LogP contribution in [0.15, 0.2) is 48.7 Å².